The van der Waals surface area contributed by atoms with Gasteiger partial charge in [-0.25, -0.2) is 4.68 Å². The third-order valence-corrected chi connectivity index (χ3v) is 4.70. The fourth-order valence-electron chi connectivity index (χ4n) is 2.36. The van der Waals surface area contributed by atoms with Crippen molar-refractivity contribution >= 4 is 17.4 Å². The number of anilines is 1. The highest BCUT2D eigenvalue weighted by Crippen LogP contribution is 2.21. The highest BCUT2D eigenvalue weighted by molar-refractivity contribution is 7.99. The van der Waals surface area contributed by atoms with Crippen molar-refractivity contribution in [3.05, 3.63) is 72.6 Å². The van der Waals surface area contributed by atoms with Crippen LogP contribution < -0.4 is 5.32 Å². The molecule has 0 aliphatic heterocycles. The number of nitrogens with one attached hydrogen (secondary N) is 1. The van der Waals surface area contributed by atoms with Crippen molar-refractivity contribution in [2.75, 3.05) is 17.7 Å². The predicted molar refractivity (Wildman–Crippen MR) is 99.8 cm³/mol. The van der Waals surface area contributed by atoms with E-state index in [0.29, 0.717) is 0 Å². The lowest BCUT2D eigenvalue weighted by atomic mass is 10.2. The smallest absolute Gasteiger partial charge is 0.0648 e. The van der Waals surface area contributed by atoms with Crippen molar-refractivity contribution in [3.8, 4) is 5.69 Å². The van der Waals surface area contributed by atoms with Crippen LogP contribution in [0.2, 0.25) is 0 Å². The summed E-state index contributed by atoms with van der Waals surface area (Å²) in [6.07, 6.45) is 4.56. The van der Waals surface area contributed by atoms with Gasteiger partial charge in [-0.1, -0.05) is 12.1 Å². The molecule has 0 saturated carbocycles. The molecule has 0 atom stereocenters. The lowest BCUT2D eigenvalue weighted by Crippen LogP contribution is -2.01. The van der Waals surface area contributed by atoms with Crippen molar-refractivity contribution in [2.45, 2.75) is 17.9 Å². The van der Waals surface area contributed by atoms with Crippen molar-refractivity contribution in [1.29, 1.82) is 0 Å². The SMILES string of the molecule is OCCCSc1ccc(NCc2cccc(-n3cccn3)c2)cc1. The van der Waals surface area contributed by atoms with E-state index < -0.39 is 0 Å². The fraction of sp³-hybridized carbons (Fsp3) is 0.211. The molecular weight excluding hydrogens is 318 g/mol. The van der Waals surface area contributed by atoms with Crippen molar-refractivity contribution < 1.29 is 5.11 Å². The molecule has 4 nitrogen and oxygen atoms in total. The molecule has 2 aromatic carbocycles. The van der Waals surface area contributed by atoms with Gasteiger partial charge in [0.05, 0.1) is 5.69 Å². The number of rotatable bonds is 8. The van der Waals surface area contributed by atoms with E-state index in [0.717, 1.165) is 30.1 Å². The van der Waals surface area contributed by atoms with Crippen LogP contribution in [0.25, 0.3) is 5.69 Å². The number of benzene rings is 2. The van der Waals surface area contributed by atoms with E-state index in [-0.39, 0.29) is 6.61 Å². The molecule has 2 N–H and O–H groups in total. The largest absolute Gasteiger partial charge is 0.396 e. The molecule has 1 heterocycles. The Morgan fingerprint density at radius 1 is 1.08 bits per heavy atom. The van der Waals surface area contributed by atoms with Gasteiger partial charge >= 0.3 is 0 Å². The minimum absolute atomic E-state index is 0.254. The maximum Gasteiger partial charge on any atom is 0.0648 e. The molecule has 124 valence electrons. The maximum absolute atomic E-state index is 8.82. The van der Waals surface area contributed by atoms with Crippen LogP contribution in [-0.2, 0) is 6.54 Å². The highest BCUT2D eigenvalue weighted by Gasteiger charge is 2.00. The Kier molecular flexibility index (Phi) is 5.93. The molecule has 1 aromatic heterocycles. The van der Waals surface area contributed by atoms with Crippen LogP contribution in [0, 0.1) is 0 Å². The second-order valence-corrected chi connectivity index (χ2v) is 6.59. The zero-order valence-electron chi connectivity index (χ0n) is 13.4. The monoisotopic (exact) mass is 339 g/mol. The summed E-state index contributed by atoms with van der Waals surface area (Å²) < 4.78 is 1.86. The van der Waals surface area contributed by atoms with Gasteiger partial charge in [-0.15, -0.1) is 11.8 Å². The lowest BCUT2D eigenvalue weighted by molar-refractivity contribution is 0.296. The first-order chi connectivity index (χ1) is 11.8. The molecular formula is C19H21N3OS. The lowest BCUT2D eigenvalue weighted by Gasteiger charge is -2.09. The molecule has 0 bridgehead atoms. The van der Waals surface area contributed by atoms with Gasteiger partial charge in [0.1, 0.15) is 0 Å². The zero-order valence-corrected chi connectivity index (χ0v) is 14.2. The summed E-state index contributed by atoms with van der Waals surface area (Å²) in [6.45, 7) is 1.02. The Hall–Kier alpha value is -2.24. The Morgan fingerprint density at radius 2 is 1.96 bits per heavy atom. The summed E-state index contributed by atoms with van der Waals surface area (Å²) in [5.74, 6) is 0.948. The molecule has 0 spiro atoms. The third kappa shape index (κ3) is 4.63. The van der Waals surface area contributed by atoms with Crippen LogP contribution in [0.15, 0.2) is 71.9 Å². The van der Waals surface area contributed by atoms with E-state index in [1.807, 2.05) is 16.9 Å². The average molecular weight is 339 g/mol. The molecule has 0 aliphatic rings. The van der Waals surface area contributed by atoms with Crippen LogP contribution in [-0.4, -0.2) is 27.2 Å². The van der Waals surface area contributed by atoms with Gasteiger partial charge in [-0.3, -0.25) is 0 Å². The molecule has 0 radical (unpaired) electrons. The number of hydrogen-bond donors (Lipinski definition) is 2. The first kappa shape index (κ1) is 16.6. The first-order valence-corrected chi connectivity index (χ1v) is 9.00. The Bertz CT molecular complexity index is 742. The summed E-state index contributed by atoms with van der Waals surface area (Å²) in [5, 5.41) is 16.5. The number of hydrogen-bond acceptors (Lipinski definition) is 4. The first-order valence-electron chi connectivity index (χ1n) is 8.02. The van der Waals surface area contributed by atoms with E-state index >= 15 is 0 Å². The van der Waals surface area contributed by atoms with Gasteiger partial charge in [0.25, 0.3) is 0 Å². The summed E-state index contributed by atoms with van der Waals surface area (Å²) in [5.41, 5.74) is 3.38. The average Bonchev–Trinajstić information content (AvgIpc) is 3.16. The van der Waals surface area contributed by atoms with E-state index in [2.05, 4.69) is 58.9 Å². The second-order valence-electron chi connectivity index (χ2n) is 5.42. The van der Waals surface area contributed by atoms with E-state index in [1.54, 1.807) is 18.0 Å². The number of aliphatic hydroxyl groups is 1. The van der Waals surface area contributed by atoms with Crippen molar-refractivity contribution in [1.82, 2.24) is 9.78 Å². The molecule has 3 aromatic rings. The Balaban J connectivity index is 1.57. The van der Waals surface area contributed by atoms with Gasteiger partial charge < -0.3 is 10.4 Å². The zero-order chi connectivity index (χ0) is 16.6. The quantitative estimate of drug-likeness (QED) is 0.482. The topological polar surface area (TPSA) is 50.1 Å². The van der Waals surface area contributed by atoms with Gasteiger partial charge in [-0.05, 0) is 54.4 Å². The molecule has 0 unspecified atom stereocenters. The van der Waals surface area contributed by atoms with E-state index in [4.69, 9.17) is 5.11 Å². The fourth-order valence-corrected chi connectivity index (χ4v) is 3.20. The Labute approximate surface area is 146 Å². The normalized spacial score (nSPS) is 10.7. The van der Waals surface area contributed by atoms with Crippen molar-refractivity contribution in [2.24, 2.45) is 0 Å². The predicted octanol–water partition coefficient (Wildman–Crippen LogP) is 3.96. The van der Waals surface area contributed by atoms with Crippen LogP contribution in [0.3, 0.4) is 0 Å². The molecule has 5 heteroatoms. The minimum atomic E-state index is 0.254. The molecule has 0 amide bonds. The number of nitrogens with zero attached hydrogens (tertiary/aromatic N) is 2. The van der Waals surface area contributed by atoms with Crippen LogP contribution in [0.1, 0.15) is 12.0 Å². The third-order valence-electron chi connectivity index (χ3n) is 3.60. The van der Waals surface area contributed by atoms with Gasteiger partial charge in [0, 0.05) is 41.9 Å². The molecule has 24 heavy (non-hydrogen) atoms. The van der Waals surface area contributed by atoms with Crippen LogP contribution >= 0.6 is 11.8 Å². The summed E-state index contributed by atoms with van der Waals surface area (Å²) in [7, 11) is 0. The summed E-state index contributed by atoms with van der Waals surface area (Å²) in [4.78, 5) is 1.23. The number of aromatic nitrogens is 2. The molecule has 0 fully saturated rings. The van der Waals surface area contributed by atoms with Gasteiger partial charge in [0.2, 0.25) is 0 Å². The van der Waals surface area contributed by atoms with Crippen LogP contribution in [0.5, 0.6) is 0 Å². The number of thioether (sulfide) groups is 1. The van der Waals surface area contributed by atoms with Crippen LogP contribution in [0.4, 0.5) is 5.69 Å². The second kappa shape index (κ2) is 8.57. The summed E-state index contributed by atoms with van der Waals surface area (Å²) in [6, 6.07) is 18.7. The molecule has 0 saturated heterocycles. The number of aliphatic hydroxyl groups excluding tert-OH is 1. The van der Waals surface area contributed by atoms with Gasteiger partial charge in [-0.2, -0.15) is 5.10 Å². The Morgan fingerprint density at radius 3 is 2.71 bits per heavy atom. The maximum atomic E-state index is 8.82. The summed E-state index contributed by atoms with van der Waals surface area (Å²) >= 11 is 1.77. The van der Waals surface area contributed by atoms with Crippen molar-refractivity contribution in [3.63, 3.8) is 0 Å². The molecule has 0 aliphatic carbocycles. The van der Waals surface area contributed by atoms with E-state index in [9.17, 15) is 0 Å². The van der Waals surface area contributed by atoms with E-state index in [1.165, 1.54) is 10.5 Å². The molecule has 3 rings (SSSR count). The standard InChI is InChI=1S/C19H21N3OS/c23-12-3-13-24-19-8-6-17(7-9-19)20-15-16-4-1-5-18(14-16)22-11-2-10-21-22/h1-2,4-11,14,20,23H,3,12-13,15H2. The highest BCUT2D eigenvalue weighted by atomic mass is 32.2. The van der Waals surface area contributed by atoms with Gasteiger partial charge in [0.15, 0.2) is 0 Å². The minimum Gasteiger partial charge on any atom is -0.396 e.